The minimum atomic E-state index is -2.62. The quantitative estimate of drug-likeness (QED) is 0.369. The molecule has 1 heterocycles. The zero-order valence-electron chi connectivity index (χ0n) is 19.8. The van der Waals surface area contributed by atoms with Gasteiger partial charge in [-0.2, -0.15) is 4.98 Å². The van der Waals surface area contributed by atoms with E-state index in [2.05, 4.69) is 9.97 Å². The molecule has 12 nitrogen and oxygen atoms in total. The highest BCUT2D eigenvalue weighted by Crippen LogP contribution is 2.52. The molecule has 5 rings (SSSR count). The van der Waals surface area contributed by atoms with Gasteiger partial charge in [-0.1, -0.05) is 6.07 Å². The molecule has 1 aromatic carbocycles. The minimum absolute atomic E-state index is 0.0221. The van der Waals surface area contributed by atoms with Crippen LogP contribution in [0, 0.1) is 11.8 Å². The van der Waals surface area contributed by atoms with Crippen LogP contribution < -0.4 is 15.2 Å². The largest absolute Gasteiger partial charge is 0.511 e. The number of hydrogen-bond donors (Lipinski definition) is 5. The summed E-state index contributed by atoms with van der Waals surface area (Å²) in [6.45, 7) is 0. The van der Waals surface area contributed by atoms with Gasteiger partial charge in [-0.3, -0.25) is 14.4 Å². The lowest BCUT2D eigenvalue weighted by molar-refractivity contribution is -0.144. The summed E-state index contributed by atoms with van der Waals surface area (Å²) < 4.78 is 10.4. The van der Waals surface area contributed by atoms with Gasteiger partial charge in [0.15, 0.2) is 11.4 Å². The van der Waals surface area contributed by atoms with Gasteiger partial charge < -0.3 is 35.6 Å². The molecule has 3 aliphatic carbocycles. The molecule has 0 bridgehead atoms. The highest BCUT2D eigenvalue weighted by Gasteiger charge is 2.59. The van der Waals surface area contributed by atoms with E-state index in [1.807, 2.05) is 0 Å². The number of nitrogens with two attached hydrogens (primary N) is 1. The number of phenols is 1. The second kappa shape index (κ2) is 8.30. The first-order valence-electron chi connectivity index (χ1n) is 11.3. The fourth-order valence-electron chi connectivity index (χ4n) is 5.66. The lowest BCUT2D eigenvalue weighted by Gasteiger charge is -2.45. The van der Waals surface area contributed by atoms with Gasteiger partial charge in [-0.05, 0) is 36.0 Å². The fourth-order valence-corrected chi connectivity index (χ4v) is 5.66. The molecule has 0 aliphatic heterocycles. The van der Waals surface area contributed by atoms with Crippen LogP contribution >= 0.6 is 0 Å². The van der Waals surface area contributed by atoms with Gasteiger partial charge in [-0.15, -0.1) is 0 Å². The lowest BCUT2D eigenvalue weighted by Crippen LogP contribution is -2.57. The molecule has 0 radical (unpaired) electrons. The van der Waals surface area contributed by atoms with Gasteiger partial charge in [0.25, 0.3) is 5.91 Å². The number of methoxy groups -OCH3 is 2. The number of nitrogens with zero attached hydrogens (tertiary/aromatic N) is 2. The molecule has 0 unspecified atom stereocenters. The third-order valence-electron chi connectivity index (χ3n) is 7.34. The van der Waals surface area contributed by atoms with Crippen molar-refractivity contribution in [3.05, 3.63) is 52.1 Å². The second-order valence-corrected chi connectivity index (χ2v) is 9.18. The number of amides is 1. The summed E-state index contributed by atoms with van der Waals surface area (Å²) in [6, 6.07) is 2.95. The van der Waals surface area contributed by atoms with Crippen LogP contribution in [0.25, 0.3) is 11.1 Å². The average molecular weight is 509 g/mol. The minimum Gasteiger partial charge on any atom is -0.511 e. The molecular formula is C25H23N3O9. The van der Waals surface area contributed by atoms with E-state index in [1.54, 1.807) is 6.07 Å². The van der Waals surface area contributed by atoms with Crippen LogP contribution in [0.15, 0.2) is 41.0 Å². The number of Topliss-reactive ketones (excluding diaryl/α,β-unsaturated/α-hetero) is 2. The Balaban J connectivity index is 1.68. The number of carbonyl (C=O) groups excluding carboxylic acids is 3. The summed E-state index contributed by atoms with van der Waals surface area (Å²) in [5, 5.41) is 43.4. The first-order chi connectivity index (χ1) is 17.5. The van der Waals surface area contributed by atoms with Crippen LogP contribution in [0.5, 0.6) is 17.6 Å². The fraction of sp³-hybridized carbons (Fsp3) is 0.320. The second-order valence-electron chi connectivity index (χ2n) is 9.18. The Labute approximate surface area is 209 Å². The zero-order chi connectivity index (χ0) is 26.8. The number of fused-ring (bicyclic) bond motifs is 3. The maximum absolute atomic E-state index is 13.7. The van der Waals surface area contributed by atoms with Crippen molar-refractivity contribution < 1.29 is 44.3 Å². The first kappa shape index (κ1) is 24.3. The van der Waals surface area contributed by atoms with Crippen molar-refractivity contribution in [3.8, 4) is 28.8 Å². The van der Waals surface area contributed by atoms with Gasteiger partial charge in [0, 0.05) is 24.1 Å². The van der Waals surface area contributed by atoms with E-state index in [9.17, 15) is 34.8 Å². The van der Waals surface area contributed by atoms with E-state index >= 15 is 0 Å². The Morgan fingerprint density at radius 1 is 1.11 bits per heavy atom. The molecule has 1 aromatic heterocycles. The molecule has 3 aliphatic rings. The summed E-state index contributed by atoms with van der Waals surface area (Å²) in [6.07, 6.45) is 1.31. The van der Waals surface area contributed by atoms with Crippen molar-refractivity contribution >= 4 is 17.5 Å². The molecule has 1 amide bonds. The molecule has 0 spiro atoms. The first-order valence-corrected chi connectivity index (χ1v) is 11.3. The summed E-state index contributed by atoms with van der Waals surface area (Å²) in [5.41, 5.74) is 2.79. The van der Waals surface area contributed by atoms with E-state index in [0.717, 1.165) is 0 Å². The molecule has 3 atom stereocenters. The standard InChI is InChI=1S/C25H23N3O9/c1-36-23-13(8-27-24(28-23)37-2)11-3-4-14(29)17-12(11)6-9-5-10-7-15(30)18(22(26)34)21(33)25(10,35)20(32)16(9)19(17)31/h3-4,8-10,29-30,32,35H,5-7H2,1-2H3,(H2,26,34)/t9-,10+,25+/m1/s1. The van der Waals surface area contributed by atoms with Crippen molar-refractivity contribution in [2.75, 3.05) is 14.2 Å². The van der Waals surface area contributed by atoms with Crippen molar-refractivity contribution in [1.82, 2.24) is 9.97 Å². The molecular weight excluding hydrogens is 486 g/mol. The number of primary amides is 1. The number of aliphatic hydroxyl groups is 3. The predicted molar refractivity (Wildman–Crippen MR) is 125 cm³/mol. The van der Waals surface area contributed by atoms with E-state index in [1.165, 1.54) is 26.5 Å². The maximum atomic E-state index is 13.7. The molecule has 0 saturated carbocycles. The number of carbonyl (C=O) groups is 3. The maximum Gasteiger partial charge on any atom is 0.319 e. The highest BCUT2D eigenvalue weighted by atomic mass is 16.5. The zero-order valence-corrected chi connectivity index (χ0v) is 19.8. The summed E-state index contributed by atoms with van der Waals surface area (Å²) >= 11 is 0. The van der Waals surface area contributed by atoms with E-state index < -0.39 is 52.0 Å². The number of aromatic hydroxyl groups is 1. The Morgan fingerprint density at radius 2 is 1.84 bits per heavy atom. The third kappa shape index (κ3) is 3.29. The van der Waals surface area contributed by atoms with Crippen LogP contribution in [-0.2, 0) is 16.0 Å². The number of rotatable bonds is 4. The molecule has 12 heteroatoms. The van der Waals surface area contributed by atoms with Gasteiger partial charge in [0.05, 0.1) is 25.3 Å². The molecule has 0 saturated heterocycles. The number of ketones is 2. The van der Waals surface area contributed by atoms with Gasteiger partial charge in [0.1, 0.15) is 22.8 Å². The molecule has 37 heavy (non-hydrogen) atoms. The number of ether oxygens (including phenoxy) is 2. The van der Waals surface area contributed by atoms with Crippen molar-refractivity contribution in [1.29, 1.82) is 0 Å². The predicted octanol–water partition coefficient (Wildman–Crippen LogP) is 1.05. The Bertz CT molecular complexity index is 1460. The molecule has 0 fully saturated rings. The van der Waals surface area contributed by atoms with Crippen molar-refractivity contribution in [2.45, 2.75) is 24.9 Å². The van der Waals surface area contributed by atoms with Gasteiger partial charge in [0.2, 0.25) is 11.7 Å². The smallest absolute Gasteiger partial charge is 0.319 e. The van der Waals surface area contributed by atoms with E-state index in [-0.39, 0.29) is 48.0 Å². The van der Waals surface area contributed by atoms with Crippen molar-refractivity contribution in [3.63, 3.8) is 0 Å². The number of allylic oxidation sites excluding steroid dienone is 2. The van der Waals surface area contributed by atoms with Crippen molar-refractivity contribution in [2.24, 2.45) is 17.6 Å². The van der Waals surface area contributed by atoms with Crippen LogP contribution in [0.4, 0.5) is 0 Å². The normalized spacial score (nSPS) is 24.8. The topological polar surface area (TPSA) is 202 Å². The highest BCUT2D eigenvalue weighted by molar-refractivity contribution is 6.24. The molecule has 6 N–H and O–H groups in total. The average Bonchev–Trinajstić information content (AvgIpc) is 2.85. The van der Waals surface area contributed by atoms with Gasteiger partial charge >= 0.3 is 6.01 Å². The van der Waals surface area contributed by atoms with E-state index in [0.29, 0.717) is 16.7 Å². The summed E-state index contributed by atoms with van der Waals surface area (Å²) in [4.78, 5) is 46.8. The SMILES string of the molecule is COc1ncc(-c2ccc(O)c3c2C[C@H]2C[C@H]4CC(O)=C(C(N)=O)C(=O)[C@@]4(O)C(O)=C2C3=O)c(OC)n1. The number of benzene rings is 1. The third-order valence-corrected chi connectivity index (χ3v) is 7.34. The Morgan fingerprint density at radius 3 is 2.49 bits per heavy atom. The number of phenolic OH excluding ortho intramolecular Hbond substituents is 1. The van der Waals surface area contributed by atoms with Crippen LogP contribution in [-0.4, -0.2) is 67.7 Å². The lowest BCUT2D eigenvalue weighted by atomic mass is 9.60. The van der Waals surface area contributed by atoms with Crippen LogP contribution in [0.1, 0.15) is 28.8 Å². The van der Waals surface area contributed by atoms with Gasteiger partial charge in [-0.25, -0.2) is 4.98 Å². The van der Waals surface area contributed by atoms with Crippen LogP contribution in [0.2, 0.25) is 0 Å². The Hall–Kier alpha value is -4.45. The number of hydrogen-bond acceptors (Lipinski definition) is 11. The summed E-state index contributed by atoms with van der Waals surface area (Å²) in [7, 11) is 2.81. The summed E-state index contributed by atoms with van der Waals surface area (Å²) in [5.74, 6) is -6.69. The number of aliphatic hydroxyl groups excluding tert-OH is 2. The van der Waals surface area contributed by atoms with E-state index in [4.69, 9.17) is 15.2 Å². The van der Waals surface area contributed by atoms with Crippen LogP contribution in [0.3, 0.4) is 0 Å². The Kier molecular flexibility index (Phi) is 5.44. The molecule has 192 valence electrons. The number of aromatic nitrogens is 2. The molecule has 2 aromatic rings. The monoisotopic (exact) mass is 509 g/mol.